The topological polar surface area (TPSA) is 110 Å². The van der Waals surface area contributed by atoms with Crippen molar-refractivity contribution in [3.05, 3.63) is 78.2 Å². The smallest absolute Gasteiger partial charge is 0.265 e. The van der Waals surface area contributed by atoms with Gasteiger partial charge in [-0.15, -0.1) is 5.10 Å². The lowest BCUT2D eigenvalue weighted by atomic mass is 9.91. The van der Waals surface area contributed by atoms with E-state index >= 15 is 0 Å². The highest BCUT2D eigenvalue weighted by molar-refractivity contribution is 7.97. The second-order valence-corrected chi connectivity index (χ2v) is 14.2. The number of carbonyl (C=O) groups is 1. The highest BCUT2D eigenvalue weighted by Crippen LogP contribution is 2.41. The molecule has 1 saturated carbocycles. The summed E-state index contributed by atoms with van der Waals surface area (Å²) in [6.45, 7) is 5.96. The molecular weight excluding hydrogens is 597 g/mol. The van der Waals surface area contributed by atoms with Crippen molar-refractivity contribution in [2.24, 2.45) is 11.8 Å². The predicted molar refractivity (Wildman–Crippen MR) is 180 cm³/mol. The lowest BCUT2D eigenvalue weighted by Gasteiger charge is -2.34. The van der Waals surface area contributed by atoms with Gasteiger partial charge in [-0.3, -0.25) is 14.5 Å². The van der Waals surface area contributed by atoms with Crippen LogP contribution in [0.3, 0.4) is 0 Å². The van der Waals surface area contributed by atoms with Crippen LogP contribution in [0.2, 0.25) is 0 Å². The quantitative estimate of drug-likeness (QED) is 0.216. The van der Waals surface area contributed by atoms with Gasteiger partial charge in [0.1, 0.15) is 16.7 Å². The third-order valence-corrected chi connectivity index (χ3v) is 10.3. The summed E-state index contributed by atoms with van der Waals surface area (Å²) in [6.07, 6.45) is 12.9. The molecule has 0 spiro atoms. The number of rotatable bonds is 6. The normalized spacial score (nSPS) is 21.5. The fourth-order valence-electron chi connectivity index (χ4n) is 7.21. The molecule has 4 aromatic rings. The number of anilines is 2. The van der Waals surface area contributed by atoms with Crippen LogP contribution in [-0.4, -0.2) is 49.3 Å². The summed E-state index contributed by atoms with van der Waals surface area (Å²) in [6, 6.07) is 17.5. The third-order valence-electron chi connectivity index (χ3n) is 9.57. The van der Waals surface area contributed by atoms with E-state index in [0.29, 0.717) is 40.6 Å². The van der Waals surface area contributed by atoms with Crippen molar-refractivity contribution in [1.82, 2.24) is 29.5 Å². The molecule has 2 fully saturated rings. The zero-order valence-electron chi connectivity index (χ0n) is 26.6. The number of amides is 1. The van der Waals surface area contributed by atoms with Crippen LogP contribution in [0.1, 0.15) is 87.3 Å². The van der Waals surface area contributed by atoms with Crippen LogP contribution in [0.5, 0.6) is 5.88 Å². The molecule has 4 aromatic heterocycles. The first-order valence-electron chi connectivity index (χ1n) is 16.5. The molecule has 240 valence electrons. The van der Waals surface area contributed by atoms with Crippen molar-refractivity contribution in [3.63, 3.8) is 0 Å². The van der Waals surface area contributed by atoms with Gasteiger partial charge in [-0.1, -0.05) is 37.8 Å². The molecule has 10 nitrogen and oxygen atoms in total. The largest absolute Gasteiger partial charge is 0.477 e. The Labute approximate surface area is 274 Å². The minimum absolute atomic E-state index is 0.0113. The zero-order chi connectivity index (χ0) is 31.5. The molecule has 0 radical (unpaired) electrons. The molecule has 46 heavy (non-hydrogen) atoms. The number of carbonyl (C=O) groups excluding carboxylic acids is 1. The van der Waals surface area contributed by atoms with Gasteiger partial charge < -0.3 is 15.0 Å². The molecule has 2 N–H and O–H groups in total. The molecular formula is C35H42N8O2S. The summed E-state index contributed by atoms with van der Waals surface area (Å²) in [5, 5.41) is 9.00. The zero-order valence-corrected chi connectivity index (χ0v) is 27.4. The van der Waals surface area contributed by atoms with Crippen molar-refractivity contribution in [3.8, 4) is 11.7 Å². The van der Waals surface area contributed by atoms with Crippen LogP contribution in [0, 0.1) is 11.8 Å². The maximum absolute atomic E-state index is 13.7. The van der Waals surface area contributed by atoms with E-state index in [1.807, 2.05) is 60.9 Å². The lowest BCUT2D eigenvalue weighted by Crippen LogP contribution is -2.40. The van der Waals surface area contributed by atoms with Crippen LogP contribution in [0.25, 0.3) is 5.82 Å². The van der Waals surface area contributed by atoms with E-state index in [9.17, 15) is 4.79 Å². The summed E-state index contributed by atoms with van der Waals surface area (Å²) in [5.41, 5.74) is 1.32. The first-order chi connectivity index (χ1) is 22.4. The molecule has 0 aromatic carbocycles. The van der Waals surface area contributed by atoms with Gasteiger partial charge in [-0.05, 0) is 87.8 Å². The van der Waals surface area contributed by atoms with Crippen molar-refractivity contribution >= 4 is 29.5 Å². The van der Waals surface area contributed by atoms with Crippen LogP contribution in [0.4, 0.5) is 11.6 Å². The van der Waals surface area contributed by atoms with Crippen molar-refractivity contribution in [1.29, 1.82) is 0 Å². The number of nitrogens with one attached hydrogen (secondary N) is 2. The third kappa shape index (κ3) is 6.84. The van der Waals surface area contributed by atoms with Crippen LogP contribution >= 0.6 is 11.9 Å². The second kappa shape index (κ2) is 13.3. The molecule has 2 aliphatic heterocycles. The second-order valence-electron chi connectivity index (χ2n) is 13.3. The maximum Gasteiger partial charge on any atom is 0.265 e. The Kier molecular flexibility index (Phi) is 8.84. The predicted octanol–water partition coefficient (Wildman–Crippen LogP) is 7.01. The highest BCUT2D eigenvalue weighted by atomic mass is 32.2. The van der Waals surface area contributed by atoms with E-state index in [-0.39, 0.29) is 17.5 Å². The number of nitrogens with zero attached hydrogens (tertiary/aromatic N) is 6. The van der Waals surface area contributed by atoms with E-state index in [4.69, 9.17) is 14.7 Å². The molecule has 1 amide bonds. The number of hydrogen-bond donors (Lipinski definition) is 2. The Morgan fingerprint density at radius 1 is 1.00 bits per heavy atom. The van der Waals surface area contributed by atoms with Crippen LogP contribution < -0.4 is 19.7 Å². The van der Waals surface area contributed by atoms with Gasteiger partial charge in [-0.2, -0.15) is 0 Å². The van der Waals surface area contributed by atoms with Crippen LogP contribution in [0.15, 0.2) is 72.0 Å². The molecule has 2 atom stereocenters. The Balaban J connectivity index is 1.17. The van der Waals surface area contributed by atoms with Gasteiger partial charge >= 0.3 is 0 Å². The number of fused-ring (bicyclic) bond motifs is 6. The summed E-state index contributed by atoms with van der Waals surface area (Å²) in [7, 11) is 0. The number of ether oxygens (including phenoxy) is 1. The van der Waals surface area contributed by atoms with Gasteiger partial charge in [0.15, 0.2) is 5.82 Å². The van der Waals surface area contributed by atoms with Crippen molar-refractivity contribution in [2.45, 2.75) is 81.8 Å². The van der Waals surface area contributed by atoms with Crippen molar-refractivity contribution < 1.29 is 9.53 Å². The average Bonchev–Trinajstić information content (AvgIpc) is 3.83. The first-order valence-corrected chi connectivity index (χ1v) is 17.3. The Hall–Kier alpha value is -4.12. The Morgan fingerprint density at radius 3 is 2.74 bits per heavy atom. The molecule has 6 heterocycles. The molecule has 11 heteroatoms. The number of pyridine rings is 3. The minimum atomic E-state index is -0.212. The lowest BCUT2D eigenvalue weighted by molar-refractivity contribution is 0.0984. The maximum atomic E-state index is 13.7. The minimum Gasteiger partial charge on any atom is -0.477 e. The molecule has 1 aliphatic carbocycles. The summed E-state index contributed by atoms with van der Waals surface area (Å²) < 4.78 is 10.8. The molecule has 7 rings (SSSR count). The summed E-state index contributed by atoms with van der Waals surface area (Å²) in [4.78, 5) is 30.6. The summed E-state index contributed by atoms with van der Waals surface area (Å²) in [5.74, 6) is 3.63. The Morgan fingerprint density at radius 2 is 1.89 bits per heavy atom. The van der Waals surface area contributed by atoms with Gasteiger partial charge in [0.05, 0.1) is 23.9 Å². The van der Waals surface area contributed by atoms with E-state index in [2.05, 4.69) is 44.9 Å². The van der Waals surface area contributed by atoms with E-state index < -0.39 is 0 Å². The molecule has 4 bridgehead atoms. The fourth-order valence-corrected chi connectivity index (χ4v) is 7.80. The molecule has 3 aliphatic rings. The van der Waals surface area contributed by atoms with E-state index in [1.54, 1.807) is 4.68 Å². The van der Waals surface area contributed by atoms with E-state index in [0.717, 1.165) is 49.7 Å². The van der Waals surface area contributed by atoms with Gasteiger partial charge in [0, 0.05) is 42.5 Å². The van der Waals surface area contributed by atoms with Gasteiger partial charge in [-0.25, -0.2) is 14.6 Å². The first kappa shape index (κ1) is 30.5. The fraction of sp³-hybridized carbons (Fsp3) is 0.457. The monoisotopic (exact) mass is 638 g/mol. The van der Waals surface area contributed by atoms with E-state index in [1.165, 1.54) is 37.6 Å². The summed E-state index contributed by atoms with van der Waals surface area (Å²) >= 11 is 1.20. The molecule has 1 saturated heterocycles. The highest BCUT2D eigenvalue weighted by Gasteiger charge is 2.41. The van der Waals surface area contributed by atoms with Crippen LogP contribution in [-0.2, 0) is 0 Å². The van der Waals surface area contributed by atoms with Crippen molar-refractivity contribution in [2.75, 3.05) is 23.4 Å². The van der Waals surface area contributed by atoms with Gasteiger partial charge in [0.2, 0.25) is 5.88 Å². The number of aromatic nitrogens is 5. The average molecular weight is 639 g/mol. The Bertz CT molecular complexity index is 1660. The standard InChI is InChI=1S/C35H42N8O2S/c1-35(2)22-25-13-15-28(27-10-5-6-19-36-27)37-29-11-7-12-32(38-29)46-41-34(44)26-14-16-30(39-33(26)42(35)23-25)43-20-17-31(40-43)45-21-18-24-8-3-4-9-24/h5-7,10-12,14,16-17,19-20,24-25,28H,3-4,8-9,13,15,18,21-23H2,1-2H3,(H,37,38)(H,41,44)/t25-,28?/m0/s1. The molecule has 1 unspecified atom stereocenters. The SMILES string of the molecule is CC1(C)C[C@@H]2CCC(c3ccccn3)Nc3cccc(n3)SNC(=O)c3ccc(-n4ccc(OCCC5CCCC5)n4)nc3N1C2. The number of hydrogen-bond acceptors (Lipinski definition) is 9. The van der Waals surface area contributed by atoms with Gasteiger partial charge in [0.25, 0.3) is 5.91 Å².